The Morgan fingerprint density at radius 1 is 0.730 bits per heavy atom. The van der Waals surface area contributed by atoms with Crippen molar-refractivity contribution in [1.29, 1.82) is 0 Å². The van der Waals surface area contributed by atoms with Crippen molar-refractivity contribution in [2.45, 2.75) is 53.4 Å². The lowest BCUT2D eigenvalue weighted by molar-refractivity contribution is 0.311. The molecule has 6 nitrogen and oxygen atoms in total. The largest absolute Gasteiger partial charge is 0.392 e. The fourth-order valence-corrected chi connectivity index (χ4v) is 4.15. The first-order valence-corrected chi connectivity index (χ1v) is 12.9. The van der Waals surface area contributed by atoms with Crippen LogP contribution in [0.15, 0.2) is 99.4 Å². The number of aliphatic hydroxyl groups excluding tert-OH is 2. The Kier molecular flexibility index (Phi) is 10.7. The molecule has 0 aliphatic carbocycles. The van der Waals surface area contributed by atoms with Gasteiger partial charge in [-0.3, -0.25) is 9.98 Å². The minimum Gasteiger partial charge on any atom is -0.392 e. The molecular formula is C31H38N4O2. The topological polar surface area (TPSA) is 93.9 Å². The van der Waals surface area contributed by atoms with Crippen molar-refractivity contribution in [2.24, 2.45) is 9.98 Å². The molecule has 0 unspecified atom stereocenters. The van der Waals surface area contributed by atoms with Gasteiger partial charge in [0.2, 0.25) is 0 Å². The van der Waals surface area contributed by atoms with E-state index in [0.717, 1.165) is 47.6 Å². The van der Waals surface area contributed by atoms with Gasteiger partial charge in [0.1, 0.15) is 5.82 Å². The van der Waals surface area contributed by atoms with E-state index in [0.29, 0.717) is 12.1 Å². The number of rotatable bonds is 6. The SMILES string of the molecule is CCC1=C(C)N=C(c2ccccc2)C1.CCc1ncc(C)[nH]1.OCC1=C(CO)N=C(c2ccccc2)C1. The lowest BCUT2D eigenvalue weighted by Gasteiger charge is -2.00. The lowest BCUT2D eigenvalue weighted by atomic mass is 10.0. The number of benzene rings is 2. The van der Waals surface area contributed by atoms with E-state index in [-0.39, 0.29) is 13.2 Å². The molecule has 37 heavy (non-hydrogen) atoms. The fraction of sp³-hybridized carbons (Fsp3) is 0.323. The molecule has 3 heterocycles. The quantitative estimate of drug-likeness (QED) is 0.391. The van der Waals surface area contributed by atoms with Crippen LogP contribution >= 0.6 is 0 Å². The molecule has 2 aliphatic heterocycles. The molecule has 2 aromatic carbocycles. The van der Waals surface area contributed by atoms with Crippen molar-refractivity contribution in [2.75, 3.05) is 13.2 Å². The molecule has 1 aromatic heterocycles. The first-order valence-electron chi connectivity index (χ1n) is 12.9. The number of aliphatic imine (C=N–C) groups is 2. The van der Waals surface area contributed by atoms with Gasteiger partial charge in [0.15, 0.2) is 0 Å². The number of aliphatic hydroxyl groups is 2. The molecule has 0 spiro atoms. The van der Waals surface area contributed by atoms with Crippen LogP contribution in [0.4, 0.5) is 0 Å². The van der Waals surface area contributed by atoms with Crippen molar-refractivity contribution in [1.82, 2.24) is 9.97 Å². The highest BCUT2D eigenvalue weighted by Crippen LogP contribution is 2.25. The molecular weight excluding hydrogens is 460 g/mol. The molecule has 3 aromatic rings. The number of allylic oxidation sites excluding steroid dienone is 2. The maximum absolute atomic E-state index is 9.09. The monoisotopic (exact) mass is 498 g/mol. The van der Waals surface area contributed by atoms with Crippen LogP contribution in [0.2, 0.25) is 0 Å². The third-order valence-electron chi connectivity index (χ3n) is 6.33. The number of aryl methyl sites for hydroxylation is 2. The van der Waals surface area contributed by atoms with Gasteiger partial charge in [-0.05, 0) is 42.5 Å². The van der Waals surface area contributed by atoms with E-state index in [1.807, 2.05) is 49.5 Å². The zero-order chi connectivity index (χ0) is 26.6. The summed E-state index contributed by atoms with van der Waals surface area (Å²) < 4.78 is 0. The number of hydrogen-bond acceptors (Lipinski definition) is 5. The molecule has 194 valence electrons. The number of H-pyrrole nitrogens is 1. The van der Waals surface area contributed by atoms with E-state index >= 15 is 0 Å². The van der Waals surface area contributed by atoms with E-state index in [4.69, 9.17) is 10.2 Å². The highest BCUT2D eigenvalue weighted by Gasteiger charge is 2.17. The lowest BCUT2D eigenvalue weighted by Crippen LogP contribution is -1.99. The standard InChI is InChI=1S/C13H15N.C12H13NO2.C6H10N2/c1-3-11-9-13(14-10(11)2)12-7-5-4-6-8-12;14-7-10-6-11(13-12(10)8-15)9-4-2-1-3-5-9;1-3-6-7-4-5(2)8-6/h4-8H,3,9H2,1-2H3;1-5,14-15H,6-8H2;4H,3H2,1-2H3,(H,7,8). The molecule has 0 atom stereocenters. The Hall–Kier alpha value is -3.61. The molecule has 5 rings (SSSR count). The zero-order valence-corrected chi connectivity index (χ0v) is 22.3. The average Bonchev–Trinajstić information content (AvgIpc) is 3.68. The van der Waals surface area contributed by atoms with E-state index in [9.17, 15) is 0 Å². The first kappa shape index (κ1) is 28.0. The number of nitrogens with zero attached hydrogens (tertiary/aromatic N) is 3. The molecule has 0 bridgehead atoms. The van der Waals surface area contributed by atoms with E-state index in [1.54, 1.807) is 0 Å². The van der Waals surface area contributed by atoms with Gasteiger partial charge < -0.3 is 15.2 Å². The maximum atomic E-state index is 9.09. The molecule has 0 saturated heterocycles. The van der Waals surface area contributed by atoms with Crippen LogP contribution in [0, 0.1) is 6.92 Å². The summed E-state index contributed by atoms with van der Waals surface area (Å²) in [4.78, 5) is 16.1. The van der Waals surface area contributed by atoms with E-state index in [2.05, 4.69) is 65.0 Å². The van der Waals surface area contributed by atoms with Gasteiger partial charge in [-0.25, -0.2) is 4.98 Å². The van der Waals surface area contributed by atoms with Crippen molar-refractivity contribution in [3.05, 3.63) is 112 Å². The minimum absolute atomic E-state index is 0.0320. The van der Waals surface area contributed by atoms with Gasteiger partial charge >= 0.3 is 0 Å². The van der Waals surface area contributed by atoms with Crippen LogP contribution in [0.1, 0.15) is 62.7 Å². The molecule has 0 radical (unpaired) electrons. The van der Waals surface area contributed by atoms with Crippen LogP contribution in [0.25, 0.3) is 0 Å². The third-order valence-corrected chi connectivity index (χ3v) is 6.33. The Morgan fingerprint density at radius 3 is 1.68 bits per heavy atom. The summed E-state index contributed by atoms with van der Waals surface area (Å²) in [5.41, 5.74) is 9.70. The summed E-state index contributed by atoms with van der Waals surface area (Å²) in [7, 11) is 0. The van der Waals surface area contributed by atoms with E-state index in [1.165, 1.54) is 22.5 Å². The van der Waals surface area contributed by atoms with Crippen LogP contribution in [0.3, 0.4) is 0 Å². The van der Waals surface area contributed by atoms with Gasteiger partial charge in [-0.2, -0.15) is 0 Å². The second kappa shape index (κ2) is 14.2. The summed E-state index contributed by atoms with van der Waals surface area (Å²) in [6.45, 7) is 8.25. The Morgan fingerprint density at radius 2 is 1.30 bits per heavy atom. The van der Waals surface area contributed by atoms with Crippen LogP contribution in [0.5, 0.6) is 0 Å². The molecule has 0 fully saturated rings. The van der Waals surface area contributed by atoms with Crippen molar-refractivity contribution in [3.8, 4) is 0 Å². The average molecular weight is 499 g/mol. The zero-order valence-electron chi connectivity index (χ0n) is 22.3. The highest BCUT2D eigenvalue weighted by atomic mass is 16.3. The second-order valence-electron chi connectivity index (χ2n) is 8.98. The summed E-state index contributed by atoms with van der Waals surface area (Å²) in [5, 5.41) is 18.1. The van der Waals surface area contributed by atoms with Crippen molar-refractivity contribution < 1.29 is 10.2 Å². The summed E-state index contributed by atoms with van der Waals surface area (Å²) in [6, 6.07) is 20.2. The number of aromatic nitrogens is 2. The minimum atomic E-state index is -0.105. The normalized spacial score (nSPS) is 14.5. The highest BCUT2D eigenvalue weighted by molar-refractivity contribution is 6.04. The van der Waals surface area contributed by atoms with Gasteiger partial charge in [0.25, 0.3) is 0 Å². The Labute approximate surface area is 220 Å². The summed E-state index contributed by atoms with van der Waals surface area (Å²) in [6.07, 6.45) is 5.63. The van der Waals surface area contributed by atoms with Crippen LogP contribution < -0.4 is 0 Å². The fourth-order valence-electron chi connectivity index (χ4n) is 4.15. The molecule has 0 saturated carbocycles. The Bertz CT molecular complexity index is 1270. The number of imidazole rings is 1. The van der Waals surface area contributed by atoms with Gasteiger partial charge in [-0.1, -0.05) is 74.5 Å². The van der Waals surface area contributed by atoms with Gasteiger partial charge in [0, 0.05) is 36.9 Å². The third kappa shape index (κ3) is 7.94. The van der Waals surface area contributed by atoms with E-state index < -0.39 is 0 Å². The van der Waals surface area contributed by atoms with Crippen molar-refractivity contribution in [3.63, 3.8) is 0 Å². The molecule has 3 N–H and O–H groups in total. The smallest absolute Gasteiger partial charge is 0.105 e. The van der Waals surface area contributed by atoms with Gasteiger partial charge in [0.05, 0.1) is 30.3 Å². The number of nitrogens with one attached hydrogen (secondary N) is 1. The molecule has 6 heteroatoms. The van der Waals surface area contributed by atoms with Crippen LogP contribution in [-0.4, -0.2) is 44.8 Å². The molecule has 0 amide bonds. The molecule has 2 aliphatic rings. The second-order valence-corrected chi connectivity index (χ2v) is 8.98. The summed E-state index contributed by atoms with van der Waals surface area (Å²) in [5.74, 6) is 1.07. The Balaban J connectivity index is 0.000000161. The number of aromatic amines is 1. The number of hydrogen-bond donors (Lipinski definition) is 3. The maximum Gasteiger partial charge on any atom is 0.105 e. The van der Waals surface area contributed by atoms with Crippen LogP contribution in [-0.2, 0) is 6.42 Å². The van der Waals surface area contributed by atoms with Crippen molar-refractivity contribution >= 4 is 11.4 Å². The van der Waals surface area contributed by atoms with Gasteiger partial charge in [-0.15, -0.1) is 0 Å². The predicted octanol–water partition coefficient (Wildman–Crippen LogP) is 5.96. The first-order chi connectivity index (χ1) is 18.0. The summed E-state index contributed by atoms with van der Waals surface area (Å²) >= 11 is 0. The predicted molar refractivity (Wildman–Crippen MR) is 152 cm³/mol.